The van der Waals surface area contributed by atoms with E-state index >= 15 is 0 Å². The number of nitrogens with one attached hydrogen (secondary N) is 2. The lowest BCUT2D eigenvalue weighted by atomic mass is 9.79. The van der Waals surface area contributed by atoms with E-state index in [0.29, 0.717) is 16.9 Å². The second kappa shape index (κ2) is 17.9. The molecule has 0 amide bonds. The van der Waals surface area contributed by atoms with Crippen LogP contribution in [0.15, 0.2) is 95.7 Å². The summed E-state index contributed by atoms with van der Waals surface area (Å²) in [5, 5.41) is 11.4. The van der Waals surface area contributed by atoms with E-state index in [1.807, 2.05) is 99.1 Å². The number of hydrogen-bond acceptors (Lipinski definition) is 10. The molecule has 0 atom stereocenters. The van der Waals surface area contributed by atoms with Gasteiger partial charge in [-0.3, -0.25) is 19.0 Å². The lowest BCUT2D eigenvalue weighted by Gasteiger charge is -2.32. The Morgan fingerprint density at radius 2 is 1.00 bits per heavy atom. The summed E-state index contributed by atoms with van der Waals surface area (Å²) in [6, 6.07) is 26.2. The highest BCUT2D eigenvalue weighted by atomic mass is 32.2. The van der Waals surface area contributed by atoms with Crippen LogP contribution in [-0.2, 0) is 34.1 Å². The summed E-state index contributed by atoms with van der Waals surface area (Å²) in [4.78, 5) is 24.4. The van der Waals surface area contributed by atoms with Gasteiger partial charge in [0.1, 0.15) is 0 Å². The number of carboxylic acids is 1. The lowest BCUT2D eigenvalue weighted by Crippen LogP contribution is -2.41. The van der Waals surface area contributed by atoms with Crippen molar-refractivity contribution in [2.45, 2.75) is 89.9 Å². The Morgan fingerprint density at radius 1 is 0.621 bits per heavy atom. The van der Waals surface area contributed by atoms with E-state index in [2.05, 4.69) is 9.44 Å². The van der Waals surface area contributed by atoms with Crippen molar-refractivity contribution in [2.24, 2.45) is 0 Å². The number of hydrogen-bond donors (Lipinski definition) is 3. The summed E-state index contributed by atoms with van der Waals surface area (Å²) < 4.78 is 66.3. The quantitative estimate of drug-likeness (QED) is 0.0729. The zero-order chi connectivity index (χ0) is 42.6. The van der Waals surface area contributed by atoms with Gasteiger partial charge in [-0.1, -0.05) is 72.8 Å². The first-order chi connectivity index (χ1) is 27.1. The summed E-state index contributed by atoms with van der Waals surface area (Å²) in [7, 11) is -7.22. The molecule has 1 fully saturated rings. The Hall–Kier alpha value is -4.32. The number of Topliss-reactive ketones (excluding diaryl/α,β-unsaturated/α-hetero) is 1. The van der Waals surface area contributed by atoms with E-state index in [0.717, 1.165) is 37.5 Å². The largest absolute Gasteiger partial charge is 0.494 e. The summed E-state index contributed by atoms with van der Waals surface area (Å²) in [5.74, 6) is -1.19. The van der Waals surface area contributed by atoms with Gasteiger partial charge in [-0.25, -0.2) is 16.8 Å². The van der Waals surface area contributed by atoms with E-state index in [-0.39, 0.29) is 29.8 Å². The Labute approximate surface area is 350 Å². The topological polar surface area (TPSA) is 165 Å². The summed E-state index contributed by atoms with van der Waals surface area (Å²) in [6.07, 6.45) is -0.201. The number of aliphatic carboxylic acids is 1. The number of rotatable bonds is 14. The summed E-state index contributed by atoms with van der Waals surface area (Å²) in [6.45, 7) is 14.7. The molecule has 3 heterocycles. The molecule has 1 aliphatic rings. The number of carbonyl (C=O) groups excluding carboxylic acids is 1. The van der Waals surface area contributed by atoms with Gasteiger partial charge in [0.2, 0.25) is 20.0 Å². The molecular formula is C42H49BN2O9S4. The third kappa shape index (κ3) is 10.6. The lowest BCUT2D eigenvalue weighted by molar-refractivity contribution is -0.136. The van der Waals surface area contributed by atoms with Gasteiger partial charge < -0.3 is 14.4 Å². The zero-order valence-electron chi connectivity index (χ0n) is 33.7. The Kier molecular flexibility index (Phi) is 13.8. The molecule has 0 bridgehead atoms. The van der Waals surface area contributed by atoms with Gasteiger partial charge in [-0.15, -0.1) is 22.7 Å². The molecule has 2 aromatic heterocycles. The van der Waals surface area contributed by atoms with Crippen LogP contribution in [0.5, 0.6) is 0 Å². The minimum Gasteiger partial charge on any atom is -0.481 e. The molecule has 16 heteroatoms. The predicted octanol–water partition coefficient (Wildman–Crippen LogP) is 9.14. The molecule has 5 aromatic rings. The highest BCUT2D eigenvalue weighted by Gasteiger charge is 2.51. The van der Waals surface area contributed by atoms with Gasteiger partial charge in [-0.05, 0) is 106 Å². The SMILES string of the molecule is CC(C)S(=O)(=O)Nc1ccsc1-c1ccc(-c2ccc(C(=O)CCC(=O)O)cc2)cc1.CC(C)S(=O)(=O)Nc1ccsc1-c1ccc(B2OC(C)(C)C(C)(C)O2)cc1. The van der Waals surface area contributed by atoms with Gasteiger partial charge in [0.15, 0.2) is 5.78 Å². The molecule has 0 aliphatic carbocycles. The summed E-state index contributed by atoms with van der Waals surface area (Å²) >= 11 is 2.97. The van der Waals surface area contributed by atoms with Gasteiger partial charge in [0.25, 0.3) is 0 Å². The number of carbonyl (C=O) groups is 2. The molecule has 0 saturated carbocycles. The van der Waals surface area contributed by atoms with Crippen molar-refractivity contribution >= 4 is 78.4 Å². The number of sulfonamides is 2. The predicted molar refractivity (Wildman–Crippen MR) is 237 cm³/mol. The average Bonchev–Trinajstić information content (AvgIpc) is 3.87. The normalized spacial score (nSPS) is 14.9. The van der Waals surface area contributed by atoms with Crippen molar-refractivity contribution in [1.29, 1.82) is 0 Å². The minimum absolute atomic E-state index is 0.0207. The third-order valence-electron chi connectivity index (χ3n) is 10.0. The van der Waals surface area contributed by atoms with Crippen LogP contribution in [0.4, 0.5) is 11.4 Å². The van der Waals surface area contributed by atoms with Crippen molar-refractivity contribution in [3.63, 3.8) is 0 Å². The Bertz CT molecular complexity index is 2420. The monoisotopic (exact) mass is 864 g/mol. The number of anilines is 2. The number of benzene rings is 3. The molecule has 0 spiro atoms. The van der Waals surface area contributed by atoms with Gasteiger partial charge in [-0.2, -0.15) is 0 Å². The van der Waals surface area contributed by atoms with Crippen molar-refractivity contribution in [1.82, 2.24) is 0 Å². The van der Waals surface area contributed by atoms with E-state index in [1.165, 1.54) is 22.7 Å². The van der Waals surface area contributed by atoms with Crippen LogP contribution < -0.4 is 14.9 Å². The molecular weight excluding hydrogens is 816 g/mol. The van der Waals surface area contributed by atoms with E-state index < -0.39 is 43.6 Å². The molecule has 1 saturated heterocycles. The Balaban J connectivity index is 0.000000223. The maximum Gasteiger partial charge on any atom is 0.494 e. The second-order valence-corrected chi connectivity index (χ2v) is 21.7. The van der Waals surface area contributed by atoms with E-state index in [4.69, 9.17) is 14.4 Å². The molecule has 11 nitrogen and oxygen atoms in total. The number of thiophene rings is 2. The highest BCUT2D eigenvalue weighted by Crippen LogP contribution is 2.38. The molecule has 3 aromatic carbocycles. The second-order valence-electron chi connectivity index (χ2n) is 15.4. The first-order valence-electron chi connectivity index (χ1n) is 18.7. The molecule has 308 valence electrons. The van der Waals surface area contributed by atoms with Crippen LogP contribution in [0.1, 0.15) is 78.6 Å². The van der Waals surface area contributed by atoms with Gasteiger partial charge in [0, 0.05) is 12.0 Å². The molecule has 0 unspecified atom stereocenters. The van der Waals surface area contributed by atoms with Crippen LogP contribution in [0.3, 0.4) is 0 Å². The number of carboxylic acid groups (broad SMARTS) is 1. The maximum atomic E-state index is 12.2. The standard InChI is InChI=1S/C23H23NO5S2.C19H26BNO4S2/c1-15(2)31(28,29)24-20-13-14-30-23(20)19-9-5-17(6-10-19)16-3-7-18(8-4-16)21(25)11-12-22(26)27;1-13(2)27(22,23)21-16-11-12-26-17(16)14-7-9-15(10-8-14)20-24-18(3,4)19(5,6)25-20/h3-10,13-15,24H,11-12H2,1-2H3,(H,26,27);7-13,21H,1-6H3. The molecule has 6 rings (SSSR count). The van der Waals surface area contributed by atoms with Crippen LogP contribution in [-0.4, -0.2) is 62.5 Å². The first kappa shape index (κ1) is 44.8. The van der Waals surface area contributed by atoms with E-state index in [9.17, 15) is 26.4 Å². The van der Waals surface area contributed by atoms with Gasteiger partial charge in [0.05, 0.1) is 49.3 Å². The fourth-order valence-electron chi connectivity index (χ4n) is 5.57. The first-order valence-corrected chi connectivity index (χ1v) is 23.6. The van der Waals surface area contributed by atoms with Crippen molar-refractivity contribution in [3.8, 4) is 32.0 Å². The maximum absolute atomic E-state index is 12.2. The Morgan fingerprint density at radius 3 is 1.40 bits per heavy atom. The van der Waals surface area contributed by atoms with Gasteiger partial charge >= 0.3 is 13.1 Å². The smallest absolute Gasteiger partial charge is 0.481 e. The summed E-state index contributed by atoms with van der Waals surface area (Å²) in [5.41, 5.74) is 5.57. The highest BCUT2D eigenvalue weighted by molar-refractivity contribution is 7.93. The fourth-order valence-corrected chi connectivity index (χ4v) is 8.84. The molecule has 3 N–H and O–H groups in total. The van der Waals surface area contributed by atoms with E-state index in [1.54, 1.807) is 52.0 Å². The third-order valence-corrected chi connectivity index (χ3v) is 15.4. The zero-order valence-corrected chi connectivity index (χ0v) is 37.0. The van der Waals surface area contributed by atoms with Crippen LogP contribution in [0.25, 0.3) is 32.0 Å². The molecule has 58 heavy (non-hydrogen) atoms. The van der Waals surface area contributed by atoms with Crippen molar-refractivity contribution in [3.05, 3.63) is 101 Å². The fraction of sp³-hybridized carbons (Fsp3) is 0.333. The minimum atomic E-state index is -3.43. The van der Waals surface area contributed by atoms with Crippen LogP contribution in [0.2, 0.25) is 0 Å². The molecule has 1 aliphatic heterocycles. The average molecular weight is 865 g/mol. The van der Waals surface area contributed by atoms with Crippen molar-refractivity contribution < 1.29 is 40.8 Å². The van der Waals surface area contributed by atoms with Crippen LogP contribution >= 0.6 is 22.7 Å². The van der Waals surface area contributed by atoms with Crippen LogP contribution in [0, 0.1) is 0 Å². The molecule has 0 radical (unpaired) electrons. The number of ketones is 1. The van der Waals surface area contributed by atoms with Crippen molar-refractivity contribution in [2.75, 3.05) is 9.44 Å².